The van der Waals surface area contributed by atoms with Gasteiger partial charge in [-0.2, -0.15) is 0 Å². The first-order chi connectivity index (χ1) is 13.0. The number of hydrogen-bond donors (Lipinski definition) is 1. The molecule has 1 N–H and O–H groups in total. The number of urea groups is 1. The minimum Gasteiger partial charge on any atom is -0.467 e. The summed E-state index contributed by atoms with van der Waals surface area (Å²) in [6.45, 7) is 7.87. The number of benzene rings is 1. The van der Waals surface area contributed by atoms with Gasteiger partial charge in [-0.1, -0.05) is 26.0 Å². The second kappa shape index (κ2) is 9.04. The van der Waals surface area contributed by atoms with Gasteiger partial charge in [-0.25, -0.2) is 9.18 Å². The van der Waals surface area contributed by atoms with Gasteiger partial charge in [-0.05, 0) is 42.2 Å². The maximum absolute atomic E-state index is 13.2. The summed E-state index contributed by atoms with van der Waals surface area (Å²) in [6, 6.07) is 10.6. The Morgan fingerprint density at radius 2 is 2.04 bits per heavy atom. The first kappa shape index (κ1) is 19.4. The molecule has 1 aromatic heterocycles. The molecule has 6 heteroatoms. The molecule has 27 heavy (non-hydrogen) atoms. The highest BCUT2D eigenvalue weighted by molar-refractivity contribution is 5.74. The Labute approximate surface area is 160 Å². The van der Waals surface area contributed by atoms with Crippen LogP contribution in [0.25, 0.3) is 0 Å². The number of amides is 2. The van der Waals surface area contributed by atoms with E-state index in [-0.39, 0.29) is 17.9 Å². The molecule has 1 fully saturated rings. The van der Waals surface area contributed by atoms with Gasteiger partial charge >= 0.3 is 6.03 Å². The number of nitrogens with zero attached hydrogens (tertiary/aromatic N) is 2. The molecule has 0 aliphatic carbocycles. The van der Waals surface area contributed by atoms with Crippen molar-refractivity contribution in [1.82, 2.24) is 15.1 Å². The molecule has 0 saturated carbocycles. The molecule has 3 rings (SSSR count). The molecule has 2 aromatic rings. The quantitative estimate of drug-likeness (QED) is 0.866. The van der Waals surface area contributed by atoms with Gasteiger partial charge < -0.3 is 14.6 Å². The average Bonchev–Trinajstić information content (AvgIpc) is 3.08. The van der Waals surface area contributed by atoms with Crippen molar-refractivity contribution in [2.24, 2.45) is 5.92 Å². The van der Waals surface area contributed by atoms with E-state index in [0.29, 0.717) is 19.0 Å². The Balaban J connectivity index is 1.63. The third-order valence-electron chi connectivity index (χ3n) is 5.10. The Bertz CT molecular complexity index is 716. The summed E-state index contributed by atoms with van der Waals surface area (Å²) in [5.41, 5.74) is 1.10. The average molecular weight is 373 g/mol. The van der Waals surface area contributed by atoms with Gasteiger partial charge in [0.05, 0.1) is 12.8 Å². The van der Waals surface area contributed by atoms with Crippen molar-refractivity contribution >= 4 is 6.03 Å². The number of carbonyl (C=O) groups is 1. The molecule has 146 valence electrons. The Morgan fingerprint density at radius 3 is 2.70 bits per heavy atom. The van der Waals surface area contributed by atoms with Crippen molar-refractivity contribution in [3.05, 3.63) is 59.8 Å². The smallest absolute Gasteiger partial charge is 0.317 e. The number of rotatable bonds is 5. The summed E-state index contributed by atoms with van der Waals surface area (Å²) in [5, 5.41) is 2.95. The van der Waals surface area contributed by atoms with E-state index in [9.17, 15) is 9.18 Å². The van der Waals surface area contributed by atoms with Gasteiger partial charge in [0, 0.05) is 32.2 Å². The number of furan rings is 1. The van der Waals surface area contributed by atoms with E-state index in [0.717, 1.165) is 37.4 Å². The van der Waals surface area contributed by atoms with E-state index in [2.05, 4.69) is 24.1 Å². The van der Waals surface area contributed by atoms with Crippen LogP contribution in [0.4, 0.5) is 9.18 Å². The molecule has 2 heterocycles. The van der Waals surface area contributed by atoms with E-state index in [1.165, 1.54) is 12.1 Å². The molecule has 1 aliphatic heterocycles. The Hall–Kier alpha value is -2.34. The highest BCUT2D eigenvalue weighted by Gasteiger charge is 2.29. The summed E-state index contributed by atoms with van der Waals surface area (Å²) in [7, 11) is 0. The molecule has 2 amide bonds. The Kier molecular flexibility index (Phi) is 6.50. The van der Waals surface area contributed by atoms with E-state index in [1.54, 1.807) is 6.26 Å². The van der Waals surface area contributed by atoms with Crippen LogP contribution in [0.15, 0.2) is 47.1 Å². The predicted molar refractivity (Wildman–Crippen MR) is 103 cm³/mol. The maximum Gasteiger partial charge on any atom is 0.317 e. The zero-order chi connectivity index (χ0) is 19.2. The maximum atomic E-state index is 13.2. The van der Waals surface area contributed by atoms with Gasteiger partial charge in [0.1, 0.15) is 11.6 Å². The standard InChI is InChI=1S/C21H28FN3O2/c1-16(2)20-15-25(21(26)23-13-19-5-3-12-27-19)11-4-10-24(20)14-17-6-8-18(22)9-7-17/h3,5-9,12,16,20H,4,10-11,13-15H2,1-2H3,(H,23,26)/t20-/m1/s1. The van der Waals surface area contributed by atoms with Crippen molar-refractivity contribution in [2.45, 2.75) is 39.4 Å². The molecule has 0 bridgehead atoms. The number of hydrogen-bond acceptors (Lipinski definition) is 3. The van der Waals surface area contributed by atoms with Crippen LogP contribution in [-0.4, -0.2) is 41.5 Å². The van der Waals surface area contributed by atoms with Crippen molar-refractivity contribution in [2.75, 3.05) is 19.6 Å². The molecule has 1 aliphatic rings. The van der Waals surface area contributed by atoms with Gasteiger partial charge in [-0.3, -0.25) is 4.90 Å². The van der Waals surface area contributed by atoms with Gasteiger partial charge in [0.2, 0.25) is 0 Å². The molecule has 0 unspecified atom stereocenters. The molecule has 5 nitrogen and oxygen atoms in total. The first-order valence-electron chi connectivity index (χ1n) is 9.56. The third kappa shape index (κ3) is 5.32. The van der Waals surface area contributed by atoms with Crippen LogP contribution in [0.3, 0.4) is 0 Å². The Morgan fingerprint density at radius 1 is 1.26 bits per heavy atom. The second-order valence-electron chi connectivity index (χ2n) is 7.45. The summed E-state index contributed by atoms with van der Waals surface area (Å²) in [5.74, 6) is 0.940. The molecule has 1 aromatic carbocycles. The van der Waals surface area contributed by atoms with Crippen molar-refractivity contribution in [3.63, 3.8) is 0 Å². The fourth-order valence-corrected chi connectivity index (χ4v) is 3.59. The van der Waals surface area contributed by atoms with Crippen LogP contribution in [-0.2, 0) is 13.1 Å². The van der Waals surface area contributed by atoms with Crippen molar-refractivity contribution < 1.29 is 13.6 Å². The van der Waals surface area contributed by atoms with Gasteiger partial charge in [0.25, 0.3) is 0 Å². The zero-order valence-electron chi connectivity index (χ0n) is 16.0. The van der Waals surface area contributed by atoms with E-state index in [1.807, 2.05) is 29.2 Å². The van der Waals surface area contributed by atoms with Crippen LogP contribution in [0.1, 0.15) is 31.6 Å². The summed E-state index contributed by atoms with van der Waals surface area (Å²) >= 11 is 0. The van der Waals surface area contributed by atoms with Crippen LogP contribution in [0, 0.1) is 11.7 Å². The SMILES string of the molecule is CC(C)[C@H]1CN(C(=O)NCc2ccco2)CCCN1Cc1ccc(F)cc1. The van der Waals surface area contributed by atoms with Gasteiger partial charge in [0.15, 0.2) is 0 Å². The summed E-state index contributed by atoms with van der Waals surface area (Å²) in [4.78, 5) is 16.9. The monoisotopic (exact) mass is 373 g/mol. The summed E-state index contributed by atoms with van der Waals surface area (Å²) in [6.07, 6.45) is 2.52. The zero-order valence-corrected chi connectivity index (χ0v) is 16.0. The number of nitrogens with one attached hydrogen (secondary N) is 1. The minimum atomic E-state index is -0.213. The number of carbonyl (C=O) groups excluding carboxylic acids is 1. The van der Waals surface area contributed by atoms with Crippen molar-refractivity contribution in [3.8, 4) is 0 Å². The van der Waals surface area contributed by atoms with E-state index >= 15 is 0 Å². The second-order valence-corrected chi connectivity index (χ2v) is 7.45. The molecule has 0 spiro atoms. The largest absolute Gasteiger partial charge is 0.467 e. The van der Waals surface area contributed by atoms with Crippen LogP contribution in [0.5, 0.6) is 0 Å². The van der Waals surface area contributed by atoms with Crippen LogP contribution >= 0.6 is 0 Å². The molecule has 1 saturated heterocycles. The van der Waals surface area contributed by atoms with Crippen LogP contribution < -0.4 is 5.32 Å². The predicted octanol–water partition coefficient (Wildman–Crippen LogP) is 3.86. The lowest BCUT2D eigenvalue weighted by atomic mass is 10.0. The fourth-order valence-electron chi connectivity index (χ4n) is 3.59. The molecular weight excluding hydrogens is 345 g/mol. The molecule has 0 radical (unpaired) electrons. The number of halogens is 1. The lowest BCUT2D eigenvalue weighted by Gasteiger charge is -2.34. The lowest BCUT2D eigenvalue weighted by Crippen LogP contribution is -2.48. The van der Waals surface area contributed by atoms with Crippen molar-refractivity contribution in [1.29, 1.82) is 0 Å². The minimum absolute atomic E-state index is 0.0549. The van der Waals surface area contributed by atoms with E-state index < -0.39 is 0 Å². The molecular formula is C21H28FN3O2. The van der Waals surface area contributed by atoms with Gasteiger partial charge in [-0.15, -0.1) is 0 Å². The third-order valence-corrected chi connectivity index (χ3v) is 5.10. The summed E-state index contributed by atoms with van der Waals surface area (Å²) < 4.78 is 18.5. The van der Waals surface area contributed by atoms with Crippen LogP contribution in [0.2, 0.25) is 0 Å². The molecule has 1 atom stereocenters. The topological polar surface area (TPSA) is 48.7 Å². The first-order valence-corrected chi connectivity index (χ1v) is 9.56. The lowest BCUT2D eigenvalue weighted by molar-refractivity contribution is 0.135. The van der Waals surface area contributed by atoms with E-state index in [4.69, 9.17) is 4.42 Å². The highest BCUT2D eigenvalue weighted by Crippen LogP contribution is 2.20. The fraction of sp³-hybridized carbons (Fsp3) is 0.476. The normalized spacial score (nSPS) is 18.5. The highest BCUT2D eigenvalue weighted by atomic mass is 19.1.